The van der Waals surface area contributed by atoms with E-state index >= 15 is 0 Å². The summed E-state index contributed by atoms with van der Waals surface area (Å²) >= 11 is 0. The van der Waals surface area contributed by atoms with Crippen LogP contribution in [0.3, 0.4) is 0 Å². The Morgan fingerprint density at radius 3 is 2.50 bits per heavy atom. The lowest BCUT2D eigenvalue weighted by Gasteiger charge is -2.44. The van der Waals surface area contributed by atoms with E-state index in [1.165, 1.54) is 0 Å². The van der Waals surface area contributed by atoms with Gasteiger partial charge in [0.1, 0.15) is 0 Å². The molecule has 0 saturated carbocycles. The van der Waals surface area contributed by atoms with Crippen molar-refractivity contribution in [1.82, 2.24) is 4.90 Å². The molecule has 1 aliphatic heterocycles. The minimum absolute atomic E-state index is 0.376. The molecular weight excluding hydrogens is 150 g/mol. The Bertz CT molecular complexity index is 158. The first-order chi connectivity index (χ1) is 5.47. The summed E-state index contributed by atoms with van der Waals surface area (Å²) in [5.74, 6) is 0.775. The maximum absolute atomic E-state index is 10.3. The summed E-state index contributed by atoms with van der Waals surface area (Å²) in [6.07, 6.45) is 0.919. The highest BCUT2D eigenvalue weighted by molar-refractivity contribution is 4.92. The Morgan fingerprint density at radius 2 is 2.08 bits per heavy atom. The predicted octanol–water partition coefficient (Wildman–Crippen LogP) is 1.35. The van der Waals surface area contributed by atoms with Gasteiger partial charge in [0, 0.05) is 13.1 Å². The fourth-order valence-electron chi connectivity index (χ4n) is 2.19. The van der Waals surface area contributed by atoms with Gasteiger partial charge in [0.15, 0.2) is 0 Å². The van der Waals surface area contributed by atoms with Crippen LogP contribution in [0.4, 0.5) is 0 Å². The summed E-state index contributed by atoms with van der Waals surface area (Å²) in [6.45, 7) is 8.42. The highest BCUT2D eigenvalue weighted by Gasteiger charge is 2.40. The second-order valence-corrected chi connectivity index (χ2v) is 4.56. The van der Waals surface area contributed by atoms with E-state index in [2.05, 4.69) is 32.7 Å². The molecule has 2 unspecified atom stereocenters. The average Bonchev–Trinajstić information content (AvgIpc) is 1.97. The Morgan fingerprint density at radius 1 is 1.50 bits per heavy atom. The zero-order valence-corrected chi connectivity index (χ0v) is 8.67. The first kappa shape index (κ1) is 10.0. The molecular formula is C10H21NO. The van der Waals surface area contributed by atoms with Gasteiger partial charge in [-0.05, 0) is 25.3 Å². The van der Waals surface area contributed by atoms with Crippen LogP contribution in [0.5, 0.6) is 0 Å². The van der Waals surface area contributed by atoms with Gasteiger partial charge in [-0.25, -0.2) is 0 Å². The van der Waals surface area contributed by atoms with Crippen LogP contribution < -0.4 is 0 Å². The summed E-state index contributed by atoms with van der Waals surface area (Å²) in [5, 5.41) is 10.3. The molecule has 0 radical (unpaired) electrons. The van der Waals surface area contributed by atoms with Crippen molar-refractivity contribution in [2.24, 2.45) is 11.8 Å². The molecule has 2 heteroatoms. The van der Waals surface area contributed by atoms with E-state index in [4.69, 9.17) is 0 Å². The lowest BCUT2D eigenvalue weighted by atomic mass is 9.74. The molecule has 2 nitrogen and oxygen atoms in total. The molecule has 0 spiro atoms. The number of likely N-dealkylation sites (tertiary alicyclic amines) is 1. The fraction of sp³-hybridized carbons (Fsp3) is 1.00. The summed E-state index contributed by atoms with van der Waals surface area (Å²) in [6, 6.07) is 0. The molecule has 0 aromatic rings. The zero-order chi connectivity index (χ0) is 9.35. The Hall–Kier alpha value is -0.0800. The van der Waals surface area contributed by atoms with Crippen LogP contribution in [0.15, 0.2) is 0 Å². The Labute approximate surface area is 75.6 Å². The van der Waals surface area contributed by atoms with Gasteiger partial charge in [-0.2, -0.15) is 0 Å². The highest BCUT2D eigenvalue weighted by Crippen LogP contribution is 2.33. The van der Waals surface area contributed by atoms with Crippen molar-refractivity contribution in [2.45, 2.75) is 32.8 Å². The number of aliphatic hydroxyl groups is 1. The van der Waals surface area contributed by atoms with Gasteiger partial charge in [-0.15, -0.1) is 0 Å². The van der Waals surface area contributed by atoms with Crippen molar-refractivity contribution < 1.29 is 5.11 Å². The molecule has 1 saturated heterocycles. The second-order valence-electron chi connectivity index (χ2n) is 4.56. The van der Waals surface area contributed by atoms with Crippen LogP contribution in [-0.4, -0.2) is 35.7 Å². The van der Waals surface area contributed by atoms with E-state index in [0.717, 1.165) is 19.5 Å². The molecule has 1 N–H and O–H groups in total. The molecule has 1 fully saturated rings. The van der Waals surface area contributed by atoms with Crippen LogP contribution in [0, 0.1) is 11.8 Å². The van der Waals surface area contributed by atoms with Crippen LogP contribution in [0.25, 0.3) is 0 Å². The van der Waals surface area contributed by atoms with Crippen LogP contribution >= 0.6 is 0 Å². The van der Waals surface area contributed by atoms with Gasteiger partial charge in [-0.3, -0.25) is 0 Å². The van der Waals surface area contributed by atoms with Crippen molar-refractivity contribution in [3.63, 3.8) is 0 Å². The maximum Gasteiger partial charge on any atom is 0.0720 e. The molecule has 1 heterocycles. The summed E-state index contributed by atoms with van der Waals surface area (Å²) in [7, 11) is 2.12. The molecule has 0 aromatic carbocycles. The smallest absolute Gasteiger partial charge is 0.0720 e. The molecule has 72 valence electrons. The first-order valence-corrected chi connectivity index (χ1v) is 4.87. The SMILES string of the molecule is CC(C)C1(O)CCN(C)CC1C. The van der Waals surface area contributed by atoms with Crippen molar-refractivity contribution in [3.8, 4) is 0 Å². The van der Waals surface area contributed by atoms with E-state index in [-0.39, 0.29) is 0 Å². The summed E-state index contributed by atoms with van der Waals surface area (Å²) < 4.78 is 0. The monoisotopic (exact) mass is 171 g/mol. The van der Waals surface area contributed by atoms with E-state index in [0.29, 0.717) is 11.8 Å². The normalized spacial score (nSPS) is 39.0. The van der Waals surface area contributed by atoms with Gasteiger partial charge < -0.3 is 10.0 Å². The van der Waals surface area contributed by atoms with Crippen LogP contribution in [0.2, 0.25) is 0 Å². The third-order valence-corrected chi connectivity index (χ3v) is 3.33. The third-order valence-electron chi connectivity index (χ3n) is 3.33. The van der Waals surface area contributed by atoms with Gasteiger partial charge >= 0.3 is 0 Å². The van der Waals surface area contributed by atoms with E-state index in [9.17, 15) is 5.11 Å². The minimum Gasteiger partial charge on any atom is -0.389 e. The Balaban J connectivity index is 2.66. The Kier molecular flexibility index (Phi) is 2.79. The minimum atomic E-state index is -0.424. The van der Waals surface area contributed by atoms with Gasteiger partial charge in [-0.1, -0.05) is 20.8 Å². The zero-order valence-electron chi connectivity index (χ0n) is 8.67. The van der Waals surface area contributed by atoms with Crippen molar-refractivity contribution in [2.75, 3.05) is 20.1 Å². The first-order valence-electron chi connectivity index (χ1n) is 4.87. The quantitative estimate of drug-likeness (QED) is 0.643. The lowest BCUT2D eigenvalue weighted by Crippen LogP contribution is -2.52. The largest absolute Gasteiger partial charge is 0.389 e. The maximum atomic E-state index is 10.3. The molecule has 0 aliphatic carbocycles. The van der Waals surface area contributed by atoms with Gasteiger partial charge in [0.05, 0.1) is 5.60 Å². The third kappa shape index (κ3) is 1.64. The van der Waals surface area contributed by atoms with Crippen LogP contribution in [0.1, 0.15) is 27.2 Å². The standard InChI is InChI=1S/C10H21NO/c1-8(2)10(12)5-6-11(4)7-9(10)3/h8-9,12H,5-7H2,1-4H3. The topological polar surface area (TPSA) is 23.5 Å². The summed E-state index contributed by atoms with van der Waals surface area (Å²) in [4.78, 5) is 2.29. The van der Waals surface area contributed by atoms with Crippen molar-refractivity contribution >= 4 is 0 Å². The molecule has 1 rings (SSSR count). The van der Waals surface area contributed by atoms with Crippen molar-refractivity contribution in [3.05, 3.63) is 0 Å². The molecule has 0 bridgehead atoms. The number of hydrogen-bond acceptors (Lipinski definition) is 2. The van der Waals surface area contributed by atoms with E-state index in [1.807, 2.05) is 0 Å². The second kappa shape index (κ2) is 3.35. The lowest BCUT2D eigenvalue weighted by molar-refractivity contribution is -0.0933. The van der Waals surface area contributed by atoms with Crippen molar-refractivity contribution in [1.29, 1.82) is 0 Å². The predicted molar refractivity (Wildman–Crippen MR) is 51.1 cm³/mol. The van der Waals surface area contributed by atoms with Gasteiger partial charge in [0.2, 0.25) is 0 Å². The average molecular weight is 171 g/mol. The molecule has 12 heavy (non-hydrogen) atoms. The number of hydrogen-bond donors (Lipinski definition) is 1. The number of piperidine rings is 1. The molecule has 0 amide bonds. The molecule has 2 atom stereocenters. The summed E-state index contributed by atoms with van der Waals surface area (Å²) in [5.41, 5.74) is -0.424. The van der Waals surface area contributed by atoms with Gasteiger partial charge in [0.25, 0.3) is 0 Å². The number of rotatable bonds is 1. The highest BCUT2D eigenvalue weighted by atomic mass is 16.3. The van der Waals surface area contributed by atoms with E-state index in [1.54, 1.807) is 0 Å². The molecule has 1 aliphatic rings. The fourth-order valence-corrected chi connectivity index (χ4v) is 2.19. The number of nitrogens with zero attached hydrogens (tertiary/aromatic N) is 1. The molecule has 0 aromatic heterocycles. The van der Waals surface area contributed by atoms with E-state index < -0.39 is 5.60 Å². The van der Waals surface area contributed by atoms with Crippen LogP contribution in [-0.2, 0) is 0 Å².